The summed E-state index contributed by atoms with van der Waals surface area (Å²) in [7, 11) is 0. The van der Waals surface area contributed by atoms with Crippen LogP contribution in [-0.2, 0) is 0 Å². The van der Waals surface area contributed by atoms with Gasteiger partial charge in [-0.2, -0.15) is 61.2 Å². The van der Waals surface area contributed by atoms with E-state index >= 15 is 0 Å². The molecule has 16 aromatic rings. The maximum atomic E-state index is 9.90. The van der Waals surface area contributed by atoms with Gasteiger partial charge in [-0.25, -0.2) is 38.0 Å². The van der Waals surface area contributed by atoms with Crippen molar-refractivity contribution in [1.29, 1.82) is 0 Å². The van der Waals surface area contributed by atoms with Crippen LogP contribution in [0, 0.1) is 0 Å². The molecule has 0 amide bonds. The summed E-state index contributed by atoms with van der Waals surface area (Å²) in [5.74, 6) is 0. The summed E-state index contributed by atoms with van der Waals surface area (Å²) >= 11 is 0. The number of nitrogens with zero attached hydrogens (tertiary/aromatic N) is 28. The third kappa shape index (κ3) is 18.3. The fourth-order valence-corrected chi connectivity index (χ4v) is 14.5. The van der Waals surface area contributed by atoms with E-state index in [0.717, 1.165) is 141 Å². The van der Waals surface area contributed by atoms with Crippen LogP contribution in [0.25, 0.3) is 112 Å². The second-order valence-corrected chi connectivity index (χ2v) is 30.1. The quantitative estimate of drug-likeness (QED) is 0.0194. The van der Waals surface area contributed by atoms with Gasteiger partial charge >= 0.3 is 0 Å². The van der Waals surface area contributed by atoms with Crippen molar-refractivity contribution in [3.8, 4) is 90.1 Å². The SMILES string of the molecule is CCC(CC)n1cc(-c2nc(-c3cnn([C@@H](C)[C@@H](O)CO)c3)cn3nccc23)cn1.CCC(CC)n1cc(-c2nc(-c3cnn([C@@H](C)[C@H](O)CO)c3)cn3nccc23)cn1.CCC(CC)n1cc(-c2nc(-c3cnn([C@H](C)[C@@H](O)CO)c3)cn3nccc23)cn1.CCC(CC)n1cc(-c2nc(-c3cnn([C@H](C)[C@H](O)CO)c3)cn3nccc23)cn1. The summed E-state index contributed by atoms with van der Waals surface area (Å²) < 4.78 is 21.8. The molecule has 36 heteroatoms. The van der Waals surface area contributed by atoms with Crippen LogP contribution in [0.2, 0.25) is 0 Å². The van der Waals surface area contributed by atoms with Crippen molar-refractivity contribution in [2.24, 2.45) is 0 Å². The molecule has 16 rings (SSSR count). The number of hydrogen-bond acceptors (Lipinski definition) is 24. The summed E-state index contributed by atoms with van der Waals surface area (Å²) in [6.45, 7) is 23.2. The number of aliphatic hydroxyl groups excluding tert-OH is 8. The fourth-order valence-electron chi connectivity index (χ4n) is 14.5. The van der Waals surface area contributed by atoms with Gasteiger partial charge in [0, 0.05) is 94.1 Å². The van der Waals surface area contributed by atoms with Crippen molar-refractivity contribution < 1.29 is 40.9 Å². The lowest BCUT2D eigenvalue weighted by atomic mass is 10.1. The first-order valence-corrected chi connectivity index (χ1v) is 41.1. The van der Waals surface area contributed by atoms with Crippen molar-refractivity contribution in [2.75, 3.05) is 26.4 Å². The van der Waals surface area contributed by atoms with E-state index in [2.05, 4.69) is 117 Å². The van der Waals surface area contributed by atoms with Crippen LogP contribution in [0.3, 0.4) is 0 Å². The molecule has 0 aliphatic carbocycles. The van der Waals surface area contributed by atoms with Gasteiger partial charge in [0.25, 0.3) is 0 Å². The standard InChI is InChI=1S/4C21H27N7O2/c4*1-4-17(5-2)27-11-16(9-24-27)21-19-6-7-22-28(19)12-18(25-21)15-8-23-26(10-15)14(3)20(30)13-29/h4*6-12,14,17,20,29-30H,4-5,13H2,1-3H3/t2*14-,20+;2*14-,20-/m1010/s1. The highest BCUT2D eigenvalue weighted by Crippen LogP contribution is 2.35. The molecule has 0 bridgehead atoms. The lowest BCUT2D eigenvalue weighted by molar-refractivity contribution is 0.0535. The lowest BCUT2D eigenvalue weighted by Gasteiger charge is -2.16. The summed E-state index contributed by atoms with van der Waals surface area (Å²) in [5, 5.41) is 130. The molecule has 0 unspecified atom stereocenters. The molecule has 16 aromatic heterocycles. The van der Waals surface area contributed by atoms with Crippen molar-refractivity contribution in [3.63, 3.8) is 0 Å². The number of fused-ring (bicyclic) bond motifs is 4. The highest BCUT2D eigenvalue weighted by molar-refractivity contribution is 5.81. The molecule has 0 radical (unpaired) electrons. The summed E-state index contributed by atoms with van der Waals surface area (Å²) in [5.41, 5.74) is 16.6. The maximum Gasteiger partial charge on any atom is 0.0999 e. The Hall–Kier alpha value is -12.2. The average Bonchev–Trinajstić information content (AvgIpc) is 1.63. The zero-order chi connectivity index (χ0) is 85.0. The van der Waals surface area contributed by atoms with Crippen LogP contribution in [0.4, 0.5) is 0 Å². The zero-order valence-corrected chi connectivity index (χ0v) is 69.7. The number of aliphatic hydroxyl groups is 8. The van der Waals surface area contributed by atoms with E-state index in [1.165, 1.54) is 0 Å². The Balaban J connectivity index is 0.000000138. The molecule has 8 N–H and O–H groups in total. The zero-order valence-electron chi connectivity index (χ0n) is 69.7. The minimum atomic E-state index is -0.884. The number of aromatic nitrogens is 28. The molecule has 120 heavy (non-hydrogen) atoms. The summed E-state index contributed by atoms with van der Waals surface area (Å²) in [6.07, 6.45) is 48.7. The maximum absolute atomic E-state index is 9.90. The van der Waals surface area contributed by atoms with Gasteiger partial charge in [-0.15, -0.1) is 0 Å². The van der Waals surface area contributed by atoms with Crippen molar-refractivity contribution >= 4 is 22.1 Å². The molecule has 0 aromatic carbocycles. The Morgan fingerprint density at radius 2 is 0.417 bits per heavy atom. The highest BCUT2D eigenvalue weighted by atomic mass is 16.3. The van der Waals surface area contributed by atoms with Gasteiger partial charge in [-0.3, -0.25) is 37.5 Å². The minimum absolute atomic E-state index is 0.321. The molecule has 0 fully saturated rings. The normalized spacial score (nSPS) is 13.9. The topological polar surface area (TPSA) is 425 Å². The average molecular weight is 1640 g/mol. The Kier molecular flexibility index (Phi) is 27.6. The van der Waals surface area contributed by atoms with Crippen LogP contribution in [0.5, 0.6) is 0 Å². The van der Waals surface area contributed by atoms with Crippen molar-refractivity contribution in [3.05, 3.63) is 173 Å². The first kappa shape index (κ1) is 85.7. The second-order valence-electron chi connectivity index (χ2n) is 30.1. The summed E-state index contributed by atoms with van der Waals surface area (Å²) in [6, 6.07) is 7.78. The summed E-state index contributed by atoms with van der Waals surface area (Å²) in [4.78, 5) is 19.6. The minimum Gasteiger partial charge on any atom is -0.394 e. The molecule has 0 spiro atoms. The fraction of sp³-hybridized carbons (Fsp3) is 0.429. The monoisotopic (exact) mass is 1640 g/mol. The van der Waals surface area contributed by atoms with E-state index in [1.54, 1.807) is 114 Å². The molecule has 0 aliphatic rings. The van der Waals surface area contributed by atoms with E-state index in [-0.39, 0.29) is 50.6 Å². The third-order valence-corrected chi connectivity index (χ3v) is 22.6. The van der Waals surface area contributed by atoms with Crippen LogP contribution in [0.15, 0.2) is 173 Å². The van der Waals surface area contributed by atoms with Gasteiger partial charge in [-0.1, -0.05) is 55.4 Å². The molecular weight excluding hydrogens is 1530 g/mol. The molecule has 36 nitrogen and oxygen atoms in total. The third-order valence-electron chi connectivity index (χ3n) is 22.6. The molecule has 0 aliphatic heterocycles. The van der Waals surface area contributed by atoms with Crippen LogP contribution < -0.4 is 0 Å². The van der Waals surface area contributed by atoms with Gasteiger partial charge in [0.05, 0.1) is 266 Å². The second kappa shape index (κ2) is 38.7. The Morgan fingerprint density at radius 1 is 0.242 bits per heavy atom. The Morgan fingerprint density at radius 3 is 0.600 bits per heavy atom. The van der Waals surface area contributed by atoms with E-state index in [1.807, 2.05) is 142 Å². The van der Waals surface area contributed by atoms with Crippen molar-refractivity contribution in [1.82, 2.24) is 137 Å². The molecule has 0 saturated carbocycles. The largest absolute Gasteiger partial charge is 0.394 e. The van der Waals surface area contributed by atoms with Crippen molar-refractivity contribution in [2.45, 2.75) is 207 Å². The van der Waals surface area contributed by atoms with Gasteiger partial charge in [-0.05, 0) is 103 Å². The number of hydrogen-bond donors (Lipinski definition) is 8. The predicted molar refractivity (Wildman–Crippen MR) is 451 cm³/mol. The first-order valence-electron chi connectivity index (χ1n) is 41.1. The lowest BCUT2D eigenvalue weighted by Crippen LogP contribution is -2.25. The molecule has 8 atom stereocenters. The van der Waals surface area contributed by atoms with E-state index < -0.39 is 24.4 Å². The van der Waals surface area contributed by atoms with Gasteiger partial charge in [0.2, 0.25) is 0 Å². The Labute approximate surface area is 693 Å². The van der Waals surface area contributed by atoms with E-state index in [9.17, 15) is 40.9 Å². The highest BCUT2D eigenvalue weighted by Gasteiger charge is 2.26. The van der Waals surface area contributed by atoms with Crippen LogP contribution >= 0.6 is 0 Å². The molecular formula is C84H108N28O8. The van der Waals surface area contributed by atoms with Gasteiger partial charge < -0.3 is 40.9 Å². The Bertz CT molecular complexity index is 5220. The van der Waals surface area contributed by atoms with Gasteiger partial charge in [0.15, 0.2) is 0 Å². The number of rotatable bonds is 32. The molecule has 632 valence electrons. The smallest absolute Gasteiger partial charge is 0.0999 e. The predicted octanol–water partition coefficient (Wildman–Crippen LogP) is 10.9. The van der Waals surface area contributed by atoms with Crippen LogP contribution in [0.1, 0.15) is 183 Å². The first-order chi connectivity index (χ1) is 58.2. The van der Waals surface area contributed by atoms with Gasteiger partial charge in [0.1, 0.15) is 0 Å². The molecule has 16 heterocycles. The van der Waals surface area contributed by atoms with Crippen LogP contribution in [-0.4, -0.2) is 228 Å². The molecule has 0 saturated heterocycles. The van der Waals surface area contributed by atoms with E-state index in [4.69, 9.17) is 19.9 Å². The van der Waals surface area contributed by atoms with E-state index in [0.29, 0.717) is 46.9 Å².